The van der Waals surface area contributed by atoms with Crippen LogP contribution in [-0.2, 0) is 14.3 Å². The summed E-state index contributed by atoms with van der Waals surface area (Å²) >= 11 is 1.70. The number of aryl methyl sites for hydroxylation is 1. The number of esters is 1. The summed E-state index contributed by atoms with van der Waals surface area (Å²) in [6.07, 6.45) is 4.67. The van der Waals surface area contributed by atoms with E-state index in [0.29, 0.717) is 6.61 Å². The number of allylic oxidation sites excluding steroid dienone is 2. The lowest BCUT2D eigenvalue weighted by atomic mass is 9.76. The third-order valence-corrected chi connectivity index (χ3v) is 7.24. The molecular weight excluding hydrogens is 428 g/mol. The highest BCUT2D eigenvalue weighted by atomic mass is 32.1. The monoisotopic (exact) mass is 466 g/mol. The molecule has 33 heavy (non-hydrogen) atoms. The fourth-order valence-electron chi connectivity index (χ4n) is 4.28. The molecule has 0 aliphatic heterocycles. The molecule has 1 aliphatic rings. The van der Waals surface area contributed by atoms with Crippen LogP contribution < -0.4 is 0 Å². The normalized spacial score (nSPS) is 16.8. The molecule has 3 nitrogen and oxygen atoms in total. The Balaban J connectivity index is 2.22. The molecule has 1 aromatic heterocycles. The van der Waals surface area contributed by atoms with Gasteiger partial charge in [-0.15, -0.1) is 11.3 Å². The average molecular weight is 467 g/mol. The number of carbonyl (C=O) groups excluding carboxylic acids is 1. The summed E-state index contributed by atoms with van der Waals surface area (Å²) in [6, 6.07) is 10.3. The molecule has 0 bridgehead atoms. The lowest BCUT2D eigenvalue weighted by Gasteiger charge is -2.31. The van der Waals surface area contributed by atoms with Gasteiger partial charge < -0.3 is 9.47 Å². The average Bonchev–Trinajstić information content (AvgIpc) is 3.08. The van der Waals surface area contributed by atoms with Crippen molar-refractivity contribution in [2.24, 2.45) is 5.41 Å². The maximum atomic E-state index is 13.2. The van der Waals surface area contributed by atoms with Gasteiger partial charge in [0.25, 0.3) is 0 Å². The minimum absolute atomic E-state index is 0.285. The molecule has 0 saturated carbocycles. The zero-order valence-corrected chi connectivity index (χ0v) is 22.0. The third kappa shape index (κ3) is 6.04. The van der Waals surface area contributed by atoms with Crippen LogP contribution in [0.5, 0.6) is 0 Å². The summed E-state index contributed by atoms with van der Waals surface area (Å²) in [4.78, 5) is 15.4. The van der Waals surface area contributed by atoms with Crippen LogP contribution in [0.2, 0.25) is 0 Å². The summed E-state index contributed by atoms with van der Waals surface area (Å²) in [5.41, 5.74) is 5.20. The first-order chi connectivity index (χ1) is 15.4. The number of ether oxygens (including phenoxy) is 2. The van der Waals surface area contributed by atoms with Crippen molar-refractivity contribution in [3.8, 4) is 0 Å². The summed E-state index contributed by atoms with van der Waals surface area (Å²) in [6.45, 7) is 19.3. The Morgan fingerprint density at radius 3 is 2.42 bits per heavy atom. The topological polar surface area (TPSA) is 35.5 Å². The Labute approximate surface area is 203 Å². The second kappa shape index (κ2) is 9.99. The third-order valence-electron chi connectivity index (χ3n) is 6.05. The van der Waals surface area contributed by atoms with E-state index in [1.807, 2.05) is 45.9 Å². The van der Waals surface area contributed by atoms with Gasteiger partial charge >= 0.3 is 5.97 Å². The van der Waals surface area contributed by atoms with E-state index in [2.05, 4.69) is 45.6 Å². The van der Waals surface area contributed by atoms with Crippen molar-refractivity contribution in [1.82, 2.24) is 0 Å². The maximum absolute atomic E-state index is 13.2. The highest BCUT2D eigenvalue weighted by Gasteiger charge is 2.36. The summed E-state index contributed by atoms with van der Waals surface area (Å²) < 4.78 is 11.9. The van der Waals surface area contributed by atoms with Gasteiger partial charge in [-0.05, 0) is 76.0 Å². The molecule has 1 unspecified atom stereocenters. The van der Waals surface area contributed by atoms with Crippen LogP contribution in [0.1, 0.15) is 93.4 Å². The van der Waals surface area contributed by atoms with Crippen LogP contribution in [0.25, 0.3) is 11.1 Å². The van der Waals surface area contributed by atoms with Crippen molar-refractivity contribution >= 4 is 28.5 Å². The van der Waals surface area contributed by atoms with Crippen LogP contribution >= 0.6 is 11.3 Å². The van der Waals surface area contributed by atoms with Crippen molar-refractivity contribution in [2.45, 2.75) is 79.4 Å². The van der Waals surface area contributed by atoms with Gasteiger partial charge in [0.15, 0.2) is 6.10 Å². The second-order valence-corrected chi connectivity index (χ2v) is 11.8. The van der Waals surface area contributed by atoms with Gasteiger partial charge in [-0.2, -0.15) is 0 Å². The van der Waals surface area contributed by atoms with E-state index in [4.69, 9.17) is 9.47 Å². The van der Waals surface area contributed by atoms with E-state index >= 15 is 0 Å². The smallest absolute Gasteiger partial charge is 0.340 e. The highest BCUT2D eigenvalue weighted by Crippen LogP contribution is 2.48. The van der Waals surface area contributed by atoms with E-state index in [1.165, 1.54) is 5.57 Å². The van der Waals surface area contributed by atoms with Gasteiger partial charge in [0.1, 0.15) is 0 Å². The van der Waals surface area contributed by atoms with E-state index in [9.17, 15) is 4.79 Å². The van der Waals surface area contributed by atoms with E-state index in [-0.39, 0.29) is 11.4 Å². The molecule has 0 radical (unpaired) electrons. The van der Waals surface area contributed by atoms with Crippen molar-refractivity contribution in [3.63, 3.8) is 0 Å². The Morgan fingerprint density at radius 2 is 1.88 bits per heavy atom. The van der Waals surface area contributed by atoms with Crippen LogP contribution in [0, 0.1) is 12.3 Å². The molecular formula is C29H38O3S. The van der Waals surface area contributed by atoms with Crippen LogP contribution in [0.15, 0.2) is 43.0 Å². The number of rotatable bonds is 7. The first-order valence-electron chi connectivity index (χ1n) is 11.9. The summed E-state index contributed by atoms with van der Waals surface area (Å²) in [5, 5.41) is 0. The number of hydrogen-bond acceptors (Lipinski definition) is 4. The number of benzene rings is 1. The van der Waals surface area contributed by atoms with Gasteiger partial charge in [0, 0.05) is 20.9 Å². The van der Waals surface area contributed by atoms with Crippen LogP contribution in [0.4, 0.5) is 0 Å². The van der Waals surface area contributed by atoms with E-state index < -0.39 is 11.7 Å². The van der Waals surface area contributed by atoms with Gasteiger partial charge in [0.2, 0.25) is 0 Å². The molecule has 0 fully saturated rings. The summed E-state index contributed by atoms with van der Waals surface area (Å²) in [5.74, 6) is -0.330. The molecule has 0 saturated heterocycles. The number of thiophene rings is 1. The largest absolute Gasteiger partial charge is 0.464 e. The van der Waals surface area contributed by atoms with E-state index in [1.54, 1.807) is 11.3 Å². The quantitative estimate of drug-likeness (QED) is 0.386. The molecule has 0 amide bonds. The standard InChI is InChI=1S/C29H38O3S/c1-9-31-27(30)25(32-28(4,5)6)23-20(3)33-26(19(2)21-13-11-10-12-14-21)24(23)22-15-17-29(7,8)18-16-22/h10-15,25H,2,9,16-18H2,1,3-8H3. The fourth-order valence-corrected chi connectivity index (χ4v) is 5.48. The van der Waals surface area contributed by atoms with Gasteiger partial charge in [-0.25, -0.2) is 4.79 Å². The number of hydrogen-bond donors (Lipinski definition) is 0. The predicted molar refractivity (Wildman–Crippen MR) is 139 cm³/mol. The van der Waals surface area contributed by atoms with Crippen molar-refractivity contribution in [2.75, 3.05) is 6.61 Å². The first-order valence-corrected chi connectivity index (χ1v) is 12.7. The molecule has 3 rings (SSSR count). The lowest BCUT2D eigenvalue weighted by molar-refractivity contribution is -0.166. The molecule has 1 atom stereocenters. The molecule has 0 spiro atoms. The molecule has 1 heterocycles. The molecule has 1 aliphatic carbocycles. The maximum Gasteiger partial charge on any atom is 0.340 e. The Morgan fingerprint density at radius 1 is 1.21 bits per heavy atom. The lowest BCUT2D eigenvalue weighted by Crippen LogP contribution is -2.29. The second-order valence-electron chi connectivity index (χ2n) is 10.6. The van der Waals surface area contributed by atoms with Crippen molar-refractivity contribution in [1.29, 1.82) is 0 Å². The molecule has 4 heteroatoms. The SMILES string of the molecule is C=C(c1ccccc1)c1sc(C)c(C(OC(C)(C)C)C(=O)OCC)c1C1=CCC(C)(C)CC1. The minimum Gasteiger partial charge on any atom is -0.464 e. The van der Waals surface area contributed by atoms with Gasteiger partial charge in [-0.3, -0.25) is 0 Å². The Kier molecular flexibility index (Phi) is 7.70. The molecule has 0 N–H and O–H groups in total. The highest BCUT2D eigenvalue weighted by molar-refractivity contribution is 7.13. The minimum atomic E-state index is -0.774. The van der Waals surface area contributed by atoms with Crippen molar-refractivity contribution < 1.29 is 14.3 Å². The van der Waals surface area contributed by atoms with Crippen molar-refractivity contribution in [3.05, 3.63) is 69.4 Å². The van der Waals surface area contributed by atoms with Crippen LogP contribution in [-0.4, -0.2) is 18.2 Å². The molecule has 1 aromatic carbocycles. The zero-order chi connectivity index (χ0) is 24.4. The first kappa shape index (κ1) is 25.5. The Bertz CT molecular complexity index is 1030. The van der Waals surface area contributed by atoms with Gasteiger partial charge in [0.05, 0.1) is 12.2 Å². The predicted octanol–water partition coefficient (Wildman–Crippen LogP) is 8.13. The molecule has 178 valence electrons. The fraction of sp³-hybridized carbons (Fsp3) is 0.483. The van der Waals surface area contributed by atoms with Gasteiger partial charge in [-0.1, -0.05) is 56.8 Å². The zero-order valence-electron chi connectivity index (χ0n) is 21.2. The van der Waals surface area contributed by atoms with Crippen LogP contribution in [0.3, 0.4) is 0 Å². The molecule has 2 aromatic rings. The Hall–Kier alpha value is -2.17. The summed E-state index contributed by atoms with van der Waals surface area (Å²) in [7, 11) is 0. The number of carbonyl (C=O) groups is 1. The van der Waals surface area contributed by atoms with E-state index in [0.717, 1.165) is 51.3 Å².